The summed E-state index contributed by atoms with van der Waals surface area (Å²) in [6.07, 6.45) is 3.03. The van der Waals surface area contributed by atoms with Crippen LogP contribution in [0.1, 0.15) is 29.9 Å². The lowest BCUT2D eigenvalue weighted by Gasteiger charge is -2.10. The van der Waals surface area contributed by atoms with Crippen LogP contribution in [0.15, 0.2) is 30.6 Å². The van der Waals surface area contributed by atoms with Crippen molar-refractivity contribution in [3.8, 4) is 11.5 Å². The van der Waals surface area contributed by atoms with Gasteiger partial charge in [-0.2, -0.15) is 0 Å². The fourth-order valence-corrected chi connectivity index (χ4v) is 2.11. The largest absolute Gasteiger partial charge is 0.493 e. The molecular weight excluding hydrogens is 320 g/mol. The normalized spacial score (nSPS) is 10.4. The number of nitrogens with zero attached hydrogens (tertiary/aromatic N) is 2. The summed E-state index contributed by atoms with van der Waals surface area (Å²) in [6.45, 7) is 5.38. The summed E-state index contributed by atoms with van der Waals surface area (Å²) in [5.41, 5.74) is 1.17. The molecule has 0 unspecified atom stereocenters. The maximum Gasteiger partial charge on any atom is 0.271 e. The van der Waals surface area contributed by atoms with Crippen LogP contribution in [0.5, 0.6) is 11.5 Å². The zero-order valence-corrected chi connectivity index (χ0v) is 15.0. The Bertz CT molecular complexity index is 702. The first kappa shape index (κ1) is 18.5. The first-order chi connectivity index (χ1) is 12.0. The summed E-state index contributed by atoms with van der Waals surface area (Å²) < 4.78 is 10.4. The summed E-state index contributed by atoms with van der Waals surface area (Å²) in [4.78, 5) is 20.5. The van der Waals surface area contributed by atoms with Crippen LogP contribution in [0.25, 0.3) is 0 Å². The zero-order chi connectivity index (χ0) is 18.2. The van der Waals surface area contributed by atoms with Crippen molar-refractivity contribution in [3.63, 3.8) is 0 Å². The van der Waals surface area contributed by atoms with Crippen molar-refractivity contribution in [1.82, 2.24) is 15.3 Å². The van der Waals surface area contributed by atoms with E-state index in [9.17, 15) is 4.79 Å². The Morgan fingerprint density at radius 3 is 2.48 bits per heavy atom. The second-order valence-corrected chi connectivity index (χ2v) is 5.93. The lowest BCUT2D eigenvalue weighted by atomic mass is 10.2. The van der Waals surface area contributed by atoms with Gasteiger partial charge in [0.1, 0.15) is 11.5 Å². The molecule has 1 aromatic heterocycles. The molecular formula is C18H24N4O3. The van der Waals surface area contributed by atoms with Crippen molar-refractivity contribution < 1.29 is 14.3 Å². The molecule has 1 heterocycles. The Morgan fingerprint density at radius 2 is 1.88 bits per heavy atom. The first-order valence-electron chi connectivity index (χ1n) is 8.08. The number of hydrogen-bond acceptors (Lipinski definition) is 6. The van der Waals surface area contributed by atoms with E-state index in [2.05, 4.69) is 34.4 Å². The van der Waals surface area contributed by atoms with Gasteiger partial charge < -0.3 is 20.1 Å². The molecule has 0 bridgehead atoms. The third-order valence-corrected chi connectivity index (χ3v) is 3.48. The van der Waals surface area contributed by atoms with E-state index >= 15 is 0 Å². The number of rotatable bonds is 8. The lowest BCUT2D eigenvalue weighted by Crippen LogP contribution is -2.24. The van der Waals surface area contributed by atoms with Crippen molar-refractivity contribution in [2.75, 3.05) is 26.1 Å². The molecule has 0 saturated carbocycles. The Kier molecular flexibility index (Phi) is 6.56. The van der Waals surface area contributed by atoms with Gasteiger partial charge >= 0.3 is 0 Å². The molecule has 0 atom stereocenters. The Balaban J connectivity index is 1.93. The predicted molar refractivity (Wildman–Crippen MR) is 96.1 cm³/mol. The fraction of sp³-hybridized carbons (Fsp3) is 0.389. The van der Waals surface area contributed by atoms with Gasteiger partial charge in [0.2, 0.25) is 0 Å². The number of nitrogens with one attached hydrogen (secondary N) is 2. The molecule has 134 valence electrons. The number of anilines is 1. The number of carbonyl (C=O) groups is 1. The quantitative estimate of drug-likeness (QED) is 0.765. The van der Waals surface area contributed by atoms with E-state index in [1.165, 1.54) is 6.20 Å². The summed E-state index contributed by atoms with van der Waals surface area (Å²) in [7, 11) is 3.16. The fourth-order valence-electron chi connectivity index (χ4n) is 2.11. The van der Waals surface area contributed by atoms with E-state index < -0.39 is 0 Å². The molecule has 2 rings (SSSR count). The van der Waals surface area contributed by atoms with Crippen LogP contribution in [0.3, 0.4) is 0 Å². The number of carbonyl (C=O) groups excluding carboxylic acids is 1. The van der Waals surface area contributed by atoms with Gasteiger partial charge in [0, 0.05) is 13.1 Å². The highest BCUT2D eigenvalue weighted by molar-refractivity contribution is 5.91. The lowest BCUT2D eigenvalue weighted by molar-refractivity contribution is 0.0945. The molecule has 0 aliphatic rings. The smallest absolute Gasteiger partial charge is 0.271 e. The highest BCUT2D eigenvalue weighted by Crippen LogP contribution is 2.27. The van der Waals surface area contributed by atoms with Crippen LogP contribution < -0.4 is 20.1 Å². The third kappa shape index (κ3) is 5.34. The van der Waals surface area contributed by atoms with Crippen molar-refractivity contribution >= 4 is 11.7 Å². The van der Waals surface area contributed by atoms with E-state index in [0.29, 0.717) is 29.8 Å². The summed E-state index contributed by atoms with van der Waals surface area (Å²) in [5, 5.41) is 5.98. The first-order valence-corrected chi connectivity index (χ1v) is 8.08. The van der Waals surface area contributed by atoms with E-state index in [1.54, 1.807) is 26.5 Å². The molecule has 25 heavy (non-hydrogen) atoms. The van der Waals surface area contributed by atoms with Crippen LogP contribution in [0, 0.1) is 5.92 Å². The molecule has 2 N–H and O–H groups in total. The number of aromatic nitrogens is 2. The van der Waals surface area contributed by atoms with Crippen molar-refractivity contribution in [3.05, 3.63) is 41.9 Å². The minimum absolute atomic E-state index is 0.274. The zero-order valence-electron chi connectivity index (χ0n) is 15.0. The van der Waals surface area contributed by atoms with Crippen LogP contribution in [0.2, 0.25) is 0 Å². The number of hydrogen-bond donors (Lipinski definition) is 2. The molecule has 0 aliphatic carbocycles. The summed E-state index contributed by atoms with van der Waals surface area (Å²) in [6, 6.07) is 5.49. The molecule has 7 heteroatoms. The van der Waals surface area contributed by atoms with Gasteiger partial charge in [-0.05, 0) is 23.6 Å². The molecule has 0 aliphatic heterocycles. The summed E-state index contributed by atoms with van der Waals surface area (Å²) >= 11 is 0. The van der Waals surface area contributed by atoms with Gasteiger partial charge in [-0.1, -0.05) is 19.9 Å². The van der Waals surface area contributed by atoms with E-state index in [4.69, 9.17) is 9.47 Å². The highest BCUT2D eigenvalue weighted by Gasteiger charge is 2.09. The molecule has 0 radical (unpaired) electrons. The van der Waals surface area contributed by atoms with Gasteiger partial charge in [0.05, 0.1) is 26.6 Å². The molecule has 1 aromatic carbocycles. The summed E-state index contributed by atoms with van der Waals surface area (Å²) in [5.74, 6) is 2.15. The predicted octanol–water partition coefficient (Wildman–Crippen LogP) is 2.49. The second kappa shape index (κ2) is 8.86. The van der Waals surface area contributed by atoms with Crippen molar-refractivity contribution in [2.45, 2.75) is 20.4 Å². The Morgan fingerprint density at radius 1 is 1.12 bits per heavy atom. The molecule has 2 aromatic rings. The van der Waals surface area contributed by atoms with Gasteiger partial charge in [0.25, 0.3) is 5.91 Å². The minimum atomic E-state index is -0.280. The van der Waals surface area contributed by atoms with E-state index in [0.717, 1.165) is 12.1 Å². The number of ether oxygens (including phenoxy) is 2. The highest BCUT2D eigenvalue weighted by atomic mass is 16.5. The average Bonchev–Trinajstić information content (AvgIpc) is 2.64. The van der Waals surface area contributed by atoms with Crippen LogP contribution >= 0.6 is 0 Å². The maximum absolute atomic E-state index is 12.2. The maximum atomic E-state index is 12.2. The minimum Gasteiger partial charge on any atom is -0.493 e. The van der Waals surface area contributed by atoms with Crippen LogP contribution in [0.4, 0.5) is 5.82 Å². The molecule has 0 saturated heterocycles. The third-order valence-electron chi connectivity index (χ3n) is 3.48. The monoisotopic (exact) mass is 344 g/mol. The van der Waals surface area contributed by atoms with E-state index in [-0.39, 0.29) is 11.6 Å². The molecule has 0 fully saturated rings. The SMILES string of the molecule is COc1ccc(CNC(=O)c2cnc(NCC(C)C)cn2)cc1OC. The number of benzene rings is 1. The van der Waals surface area contributed by atoms with Gasteiger partial charge in [-0.15, -0.1) is 0 Å². The van der Waals surface area contributed by atoms with Crippen molar-refractivity contribution in [2.24, 2.45) is 5.92 Å². The number of amides is 1. The van der Waals surface area contributed by atoms with Crippen molar-refractivity contribution in [1.29, 1.82) is 0 Å². The average molecular weight is 344 g/mol. The topological polar surface area (TPSA) is 85.4 Å². The van der Waals surface area contributed by atoms with Gasteiger partial charge in [-0.25, -0.2) is 9.97 Å². The molecule has 1 amide bonds. The second-order valence-electron chi connectivity index (χ2n) is 5.93. The molecule has 0 spiro atoms. The Hall–Kier alpha value is -2.83. The van der Waals surface area contributed by atoms with Crippen LogP contribution in [-0.2, 0) is 6.54 Å². The van der Waals surface area contributed by atoms with E-state index in [1.807, 2.05) is 12.1 Å². The van der Waals surface area contributed by atoms with Gasteiger partial charge in [-0.3, -0.25) is 4.79 Å². The Labute approximate surface area is 147 Å². The molecule has 7 nitrogen and oxygen atoms in total. The standard InChI is InChI=1S/C18H24N4O3/c1-12(2)8-20-17-11-19-14(10-21-17)18(23)22-9-13-5-6-15(24-3)16(7-13)25-4/h5-7,10-12H,8-9H2,1-4H3,(H,20,21)(H,22,23). The number of methoxy groups -OCH3 is 2. The van der Waals surface area contributed by atoms with Gasteiger partial charge in [0.15, 0.2) is 11.5 Å². The van der Waals surface area contributed by atoms with Crippen LogP contribution in [-0.4, -0.2) is 36.6 Å².